The van der Waals surface area contributed by atoms with Crippen molar-refractivity contribution in [1.29, 1.82) is 0 Å². The van der Waals surface area contributed by atoms with Gasteiger partial charge in [0.15, 0.2) is 0 Å². The first-order valence-corrected chi connectivity index (χ1v) is 6.35. The van der Waals surface area contributed by atoms with Crippen LogP contribution in [0, 0.1) is 5.82 Å². The third-order valence-electron chi connectivity index (χ3n) is 2.94. The Hall–Kier alpha value is -1.46. The Labute approximate surface area is 114 Å². The lowest BCUT2D eigenvalue weighted by Crippen LogP contribution is -2.38. The molecule has 19 heavy (non-hydrogen) atoms. The molecule has 5 heteroatoms. The van der Waals surface area contributed by atoms with E-state index in [1.807, 2.05) is 19.0 Å². The Morgan fingerprint density at radius 3 is 2.63 bits per heavy atom. The van der Waals surface area contributed by atoms with Crippen LogP contribution >= 0.6 is 0 Å². The molecule has 0 aliphatic rings. The van der Waals surface area contributed by atoms with Crippen molar-refractivity contribution in [3.63, 3.8) is 0 Å². The Kier molecular flexibility index (Phi) is 6.45. The van der Waals surface area contributed by atoms with Crippen molar-refractivity contribution in [1.82, 2.24) is 15.1 Å². The summed E-state index contributed by atoms with van der Waals surface area (Å²) in [5.41, 5.74) is 0.538. The number of amides is 1. The fourth-order valence-electron chi connectivity index (χ4n) is 1.70. The number of likely N-dealkylation sites (N-methyl/N-ethyl adjacent to an activating group) is 3. The monoisotopic (exact) mass is 267 g/mol. The van der Waals surface area contributed by atoms with Gasteiger partial charge in [-0.1, -0.05) is 18.2 Å². The van der Waals surface area contributed by atoms with E-state index < -0.39 is 0 Å². The molecular formula is C14H22FN3O. The Morgan fingerprint density at radius 1 is 1.32 bits per heavy atom. The van der Waals surface area contributed by atoms with E-state index in [2.05, 4.69) is 5.32 Å². The number of hydrogen-bond donors (Lipinski definition) is 1. The van der Waals surface area contributed by atoms with Gasteiger partial charge in [0.05, 0.1) is 6.54 Å². The second-order valence-electron chi connectivity index (χ2n) is 4.68. The van der Waals surface area contributed by atoms with Crippen molar-refractivity contribution in [2.24, 2.45) is 0 Å². The highest BCUT2D eigenvalue weighted by molar-refractivity contribution is 5.77. The number of nitrogens with one attached hydrogen (secondary N) is 1. The fourth-order valence-corrected chi connectivity index (χ4v) is 1.70. The molecule has 0 unspecified atom stereocenters. The predicted molar refractivity (Wildman–Crippen MR) is 74.3 cm³/mol. The quantitative estimate of drug-likeness (QED) is 0.798. The van der Waals surface area contributed by atoms with Crippen LogP contribution in [0.25, 0.3) is 0 Å². The largest absolute Gasteiger partial charge is 0.340 e. The Bertz CT molecular complexity index is 411. The lowest BCUT2D eigenvalue weighted by molar-refractivity contribution is -0.131. The van der Waals surface area contributed by atoms with Crippen molar-refractivity contribution in [3.8, 4) is 0 Å². The molecule has 106 valence electrons. The molecule has 0 aliphatic carbocycles. The molecule has 0 spiro atoms. The van der Waals surface area contributed by atoms with Gasteiger partial charge < -0.3 is 10.2 Å². The van der Waals surface area contributed by atoms with Gasteiger partial charge in [-0.2, -0.15) is 0 Å². The number of nitrogens with zero attached hydrogens (tertiary/aromatic N) is 2. The number of benzene rings is 1. The summed E-state index contributed by atoms with van der Waals surface area (Å²) in [6.07, 6.45) is 0. The predicted octanol–water partition coefficient (Wildman–Crippen LogP) is 0.935. The maximum absolute atomic E-state index is 13.5. The van der Waals surface area contributed by atoms with Crippen LogP contribution in [0.5, 0.6) is 0 Å². The minimum absolute atomic E-state index is 0.0122. The third kappa shape index (κ3) is 5.36. The lowest BCUT2D eigenvalue weighted by atomic mass is 10.2. The number of halogens is 1. The van der Waals surface area contributed by atoms with Gasteiger partial charge >= 0.3 is 0 Å². The zero-order valence-electron chi connectivity index (χ0n) is 11.8. The maximum Gasteiger partial charge on any atom is 0.236 e. The standard InChI is InChI=1S/C14H22FN3O/c1-16-8-9-17(2)11-14(19)18(3)10-12-6-4-5-7-13(12)15/h4-7,16H,8-11H2,1-3H3. The summed E-state index contributed by atoms with van der Waals surface area (Å²) in [6.45, 7) is 2.27. The van der Waals surface area contributed by atoms with Gasteiger partial charge in [-0.15, -0.1) is 0 Å². The van der Waals surface area contributed by atoms with Crippen LogP contribution in [0.4, 0.5) is 4.39 Å². The second kappa shape index (κ2) is 7.86. The third-order valence-corrected chi connectivity index (χ3v) is 2.94. The Morgan fingerprint density at radius 2 is 2.00 bits per heavy atom. The van der Waals surface area contributed by atoms with Crippen LogP contribution in [0.2, 0.25) is 0 Å². The van der Waals surface area contributed by atoms with E-state index in [1.165, 1.54) is 6.07 Å². The molecule has 0 heterocycles. The SMILES string of the molecule is CNCCN(C)CC(=O)N(C)Cc1ccccc1F. The van der Waals surface area contributed by atoms with Crippen LogP contribution < -0.4 is 5.32 Å². The van der Waals surface area contributed by atoms with E-state index in [4.69, 9.17) is 0 Å². The van der Waals surface area contributed by atoms with Crippen molar-refractivity contribution in [3.05, 3.63) is 35.6 Å². The van der Waals surface area contributed by atoms with Crippen molar-refractivity contribution in [2.75, 3.05) is 40.8 Å². The molecular weight excluding hydrogens is 245 g/mol. The minimum atomic E-state index is -0.273. The van der Waals surface area contributed by atoms with Crippen LogP contribution in [0.3, 0.4) is 0 Å². The summed E-state index contributed by atoms with van der Waals surface area (Å²) in [6, 6.07) is 6.53. The van der Waals surface area contributed by atoms with Crippen LogP contribution in [0.1, 0.15) is 5.56 Å². The highest BCUT2D eigenvalue weighted by Crippen LogP contribution is 2.08. The zero-order chi connectivity index (χ0) is 14.3. The molecule has 0 saturated carbocycles. The molecule has 1 rings (SSSR count). The summed E-state index contributed by atoms with van der Waals surface area (Å²) in [4.78, 5) is 15.5. The lowest BCUT2D eigenvalue weighted by Gasteiger charge is -2.22. The topological polar surface area (TPSA) is 35.6 Å². The Balaban J connectivity index is 2.47. The highest BCUT2D eigenvalue weighted by Gasteiger charge is 2.13. The van der Waals surface area contributed by atoms with Crippen molar-refractivity contribution < 1.29 is 9.18 Å². The molecule has 1 N–H and O–H groups in total. The first-order valence-electron chi connectivity index (χ1n) is 6.35. The first kappa shape index (κ1) is 15.6. The molecule has 4 nitrogen and oxygen atoms in total. The van der Waals surface area contributed by atoms with Gasteiger partial charge in [0.2, 0.25) is 5.91 Å². The molecule has 0 atom stereocenters. The van der Waals surface area contributed by atoms with Gasteiger partial charge in [0, 0.05) is 32.2 Å². The van der Waals surface area contributed by atoms with Gasteiger partial charge in [0.25, 0.3) is 0 Å². The van der Waals surface area contributed by atoms with Gasteiger partial charge in [-0.05, 0) is 20.2 Å². The smallest absolute Gasteiger partial charge is 0.236 e. The van der Waals surface area contributed by atoms with Crippen molar-refractivity contribution >= 4 is 5.91 Å². The summed E-state index contributed by atoms with van der Waals surface area (Å²) >= 11 is 0. The molecule has 0 bridgehead atoms. The van der Waals surface area contributed by atoms with E-state index in [9.17, 15) is 9.18 Å². The molecule has 0 aliphatic heterocycles. The van der Waals surface area contributed by atoms with E-state index in [0.717, 1.165) is 13.1 Å². The van der Waals surface area contributed by atoms with E-state index in [1.54, 1.807) is 30.1 Å². The van der Waals surface area contributed by atoms with Gasteiger partial charge in [0.1, 0.15) is 5.82 Å². The normalized spacial score (nSPS) is 10.8. The number of carbonyl (C=O) groups excluding carboxylic acids is 1. The first-order chi connectivity index (χ1) is 9.04. The molecule has 1 amide bonds. The zero-order valence-corrected chi connectivity index (χ0v) is 11.8. The molecule has 0 aromatic heterocycles. The number of carbonyl (C=O) groups is 1. The van der Waals surface area contributed by atoms with E-state index >= 15 is 0 Å². The molecule has 0 radical (unpaired) electrons. The summed E-state index contributed by atoms with van der Waals surface area (Å²) in [5, 5.41) is 3.03. The maximum atomic E-state index is 13.5. The molecule has 1 aromatic rings. The fraction of sp³-hybridized carbons (Fsp3) is 0.500. The highest BCUT2D eigenvalue weighted by atomic mass is 19.1. The molecule has 0 saturated heterocycles. The summed E-state index contributed by atoms with van der Waals surface area (Å²) < 4.78 is 13.5. The second-order valence-corrected chi connectivity index (χ2v) is 4.68. The minimum Gasteiger partial charge on any atom is -0.340 e. The van der Waals surface area contributed by atoms with Crippen LogP contribution in [-0.4, -0.2) is 56.5 Å². The summed E-state index contributed by atoms with van der Waals surface area (Å²) in [7, 11) is 5.47. The van der Waals surface area contributed by atoms with Crippen molar-refractivity contribution in [2.45, 2.75) is 6.54 Å². The number of hydrogen-bond acceptors (Lipinski definition) is 3. The molecule has 1 aromatic carbocycles. The summed E-state index contributed by atoms with van der Waals surface area (Å²) in [5.74, 6) is -0.285. The number of rotatable bonds is 7. The van der Waals surface area contributed by atoms with Crippen LogP contribution in [-0.2, 0) is 11.3 Å². The average molecular weight is 267 g/mol. The van der Waals surface area contributed by atoms with E-state index in [0.29, 0.717) is 18.7 Å². The van der Waals surface area contributed by atoms with Crippen LogP contribution in [0.15, 0.2) is 24.3 Å². The average Bonchev–Trinajstić information content (AvgIpc) is 2.38. The van der Waals surface area contributed by atoms with Gasteiger partial charge in [-0.25, -0.2) is 4.39 Å². The van der Waals surface area contributed by atoms with Gasteiger partial charge in [-0.3, -0.25) is 9.69 Å². The van der Waals surface area contributed by atoms with E-state index in [-0.39, 0.29) is 11.7 Å². The molecule has 0 fully saturated rings.